The zero-order valence-electron chi connectivity index (χ0n) is 71.4. The van der Waals surface area contributed by atoms with Crippen molar-refractivity contribution < 1.29 is 54.3 Å². The minimum atomic E-state index is -0.591. The summed E-state index contributed by atoms with van der Waals surface area (Å²) in [6.07, 6.45) is 21.5. The predicted octanol–water partition coefficient (Wildman–Crippen LogP) is 13.4. The van der Waals surface area contributed by atoms with Gasteiger partial charge in [0.1, 0.15) is 104 Å². The fourth-order valence-electron chi connectivity index (χ4n) is 22.5. The van der Waals surface area contributed by atoms with Gasteiger partial charge in [-0.1, -0.05) is 12.1 Å². The molecular formula is C94H86F8N26O4. The van der Waals surface area contributed by atoms with E-state index in [2.05, 4.69) is 83.6 Å². The number of hydrogen-bond acceptors (Lipinski definition) is 20. The Morgan fingerprint density at radius 3 is 1.02 bits per heavy atom. The van der Waals surface area contributed by atoms with E-state index in [9.17, 15) is 54.3 Å². The maximum absolute atomic E-state index is 14.7. The van der Waals surface area contributed by atoms with Crippen LogP contribution in [0.15, 0.2) is 189 Å². The third-order valence-electron chi connectivity index (χ3n) is 29.0. The lowest BCUT2D eigenvalue weighted by Gasteiger charge is -2.59. The van der Waals surface area contributed by atoms with E-state index in [0.29, 0.717) is 123 Å². The summed E-state index contributed by atoms with van der Waals surface area (Å²) in [4.78, 5) is 92.3. The molecule has 0 radical (unpaired) electrons. The number of benzene rings is 4. The van der Waals surface area contributed by atoms with Crippen molar-refractivity contribution in [3.8, 4) is 0 Å². The lowest BCUT2D eigenvalue weighted by Crippen LogP contribution is -2.72. The van der Waals surface area contributed by atoms with Crippen molar-refractivity contribution in [1.29, 1.82) is 0 Å². The molecule has 38 heteroatoms. The Balaban J connectivity index is 0.0000000998. The Morgan fingerprint density at radius 1 is 0.379 bits per heavy atom. The quantitative estimate of drug-likeness (QED) is 0.0632. The summed E-state index contributed by atoms with van der Waals surface area (Å²) in [7, 11) is 2.09. The number of pyridine rings is 2. The van der Waals surface area contributed by atoms with E-state index in [1.807, 2.05) is 47.1 Å². The molecule has 8 saturated heterocycles. The number of hydrogen-bond donors (Lipinski definition) is 5. The molecule has 4 aromatic carbocycles. The van der Waals surface area contributed by atoms with Crippen LogP contribution in [0.4, 0.5) is 90.7 Å². The number of urea groups is 2. The summed E-state index contributed by atoms with van der Waals surface area (Å²) >= 11 is 0. The SMILES string of the molecule is CN1CC2(C1)CN(C(=O)Nc1cnn3ccc(N4CC[C@H]5C[C@]54c4cc(F)ccc4F)nc13)C2.Cc1cccc(C(=O)Nc2cnn3ccc(N4CC[C@H]5C[C@]54c4cc(F)ccc4F)nc23)n1.O=C(Nc1cnn2ccc(N3CC[C@H]4C[C@]43c3cc(F)ccc3F)nc12)N1CC2(CNC2)C1.O=C(Nc1cnn2ccc(N3CC[C@H]4C[C@]43c3cc(F)ccc3F)nc12)c1ccccn1. The Kier molecular flexibility index (Phi) is 19.1. The number of halogens is 8. The molecule has 5 N–H and O–H groups in total. The van der Waals surface area contributed by atoms with E-state index in [-0.39, 0.29) is 69.9 Å². The van der Waals surface area contributed by atoms with Gasteiger partial charge < -0.3 is 60.9 Å². The summed E-state index contributed by atoms with van der Waals surface area (Å²) in [6, 6.07) is 31.9. The summed E-state index contributed by atoms with van der Waals surface area (Å²) in [5.74, 6) is -0.428. The van der Waals surface area contributed by atoms with Crippen LogP contribution in [-0.2, 0) is 22.2 Å². The molecule has 30 nitrogen and oxygen atoms in total. The second kappa shape index (κ2) is 30.7. The molecule has 6 amide bonds. The average Bonchev–Trinajstić information content (AvgIpc) is 1.53. The fraction of sp³-hybridized carbons (Fsp3) is 0.340. The van der Waals surface area contributed by atoms with Crippen LogP contribution in [0.1, 0.15) is 100 Å². The molecule has 12 aliphatic rings. The van der Waals surface area contributed by atoms with Gasteiger partial charge in [0, 0.05) is 148 Å². The number of carbonyl (C=O) groups is 4. The highest BCUT2D eigenvalue weighted by molar-refractivity contribution is 6.05. The Hall–Kier alpha value is -14.3. The van der Waals surface area contributed by atoms with Crippen LogP contribution in [-0.4, -0.2) is 193 Å². The van der Waals surface area contributed by atoms with Crippen molar-refractivity contribution >= 4 is 92.5 Å². The third kappa shape index (κ3) is 13.7. The molecule has 672 valence electrons. The van der Waals surface area contributed by atoms with Crippen molar-refractivity contribution in [2.75, 3.05) is 126 Å². The number of rotatable bonds is 14. The maximum atomic E-state index is 14.7. The van der Waals surface area contributed by atoms with Crippen LogP contribution < -0.4 is 46.2 Å². The van der Waals surface area contributed by atoms with E-state index in [4.69, 9.17) is 19.9 Å². The van der Waals surface area contributed by atoms with Gasteiger partial charge in [-0.25, -0.2) is 87.7 Å². The number of nitrogens with one attached hydrogen (secondary N) is 5. The van der Waals surface area contributed by atoms with Crippen molar-refractivity contribution in [3.05, 3.63) is 275 Å². The highest BCUT2D eigenvalue weighted by atomic mass is 19.2. The average molecular weight is 1800 g/mol. The van der Waals surface area contributed by atoms with Gasteiger partial charge in [-0.15, -0.1) is 0 Å². The molecule has 18 heterocycles. The molecule has 12 fully saturated rings. The third-order valence-corrected chi connectivity index (χ3v) is 29.0. The lowest BCUT2D eigenvalue weighted by molar-refractivity contribution is -0.0806. The van der Waals surface area contributed by atoms with Gasteiger partial charge in [0.25, 0.3) is 11.8 Å². The number of aryl methyl sites for hydroxylation is 1. The first-order valence-electron chi connectivity index (χ1n) is 44.1. The van der Waals surface area contributed by atoms with Gasteiger partial charge in [0.05, 0.1) is 46.9 Å². The summed E-state index contributed by atoms with van der Waals surface area (Å²) in [5, 5.41) is 32.0. The highest BCUT2D eigenvalue weighted by Crippen LogP contribution is 2.67. The van der Waals surface area contributed by atoms with Gasteiger partial charge in [-0.3, -0.25) is 14.6 Å². The minimum Gasteiger partial charge on any atom is -0.346 e. The van der Waals surface area contributed by atoms with Crippen LogP contribution in [0, 0.1) is 88.0 Å². The van der Waals surface area contributed by atoms with E-state index in [1.165, 1.54) is 60.9 Å². The number of fused-ring (bicyclic) bond motifs is 8. The first-order valence-corrected chi connectivity index (χ1v) is 44.1. The van der Waals surface area contributed by atoms with Gasteiger partial charge in [-0.05, 0) is 210 Å². The molecule has 8 aliphatic heterocycles. The van der Waals surface area contributed by atoms with Crippen LogP contribution >= 0.6 is 0 Å². The van der Waals surface area contributed by atoms with Crippen LogP contribution in [0.5, 0.6) is 0 Å². The molecule has 0 bridgehead atoms. The number of carbonyl (C=O) groups excluding carboxylic acids is 4. The van der Waals surface area contributed by atoms with E-state index in [1.54, 1.807) is 96.7 Å². The topological polar surface area (TPSA) is 298 Å². The molecule has 14 aromatic rings. The molecule has 2 spiro atoms. The summed E-state index contributed by atoms with van der Waals surface area (Å²) in [6.45, 7) is 11.6. The molecule has 4 aliphatic carbocycles. The van der Waals surface area contributed by atoms with E-state index in [0.717, 1.165) is 134 Å². The summed E-state index contributed by atoms with van der Waals surface area (Å²) < 4.78 is 121. The van der Waals surface area contributed by atoms with Gasteiger partial charge >= 0.3 is 12.1 Å². The van der Waals surface area contributed by atoms with Gasteiger partial charge in [0.2, 0.25) is 0 Å². The van der Waals surface area contributed by atoms with Gasteiger partial charge in [0.15, 0.2) is 22.6 Å². The first-order chi connectivity index (χ1) is 63.9. The van der Waals surface area contributed by atoms with Gasteiger partial charge in [-0.2, -0.15) is 20.4 Å². The minimum absolute atomic E-state index is 0.149. The number of likely N-dealkylation sites (tertiary alicyclic amines) is 3. The monoisotopic (exact) mass is 1790 g/mol. The number of aromatic nitrogens is 14. The van der Waals surface area contributed by atoms with Crippen LogP contribution in [0.25, 0.3) is 22.6 Å². The normalized spacial score (nSPS) is 24.2. The second-order valence-corrected chi connectivity index (χ2v) is 37.1. The van der Waals surface area contributed by atoms with E-state index < -0.39 is 62.9 Å². The molecule has 0 unspecified atom stereocenters. The van der Waals surface area contributed by atoms with Crippen molar-refractivity contribution in [3.63, 3.8) is 0 Å². The predicted molar refractivity (Wildman–Crippen MR) is 470 cm³/mol. The Labute approximate surface area is 748 Å². The number of amides is 6. The molecule has 8 atom stereocenters. The highest BCUT2D eigenvalue weighted by Gasteiger charge is 2.68. The molecule has 26 rings (SSSR count). The molecular weight excluding hydrogens is 1710 g/mol. The van der Waals surface area contributed by atoms with E-state index >= 15 is 0 Å². The largest absolute Gasteiger partial charge is 0.346 e. The van der Waals surface area contributed by atoms with Crippen molar-refractivity contribution in [2.24, 2.45) is 34.5 Å². The Morgan fingerprint density at radius 2 is 0.712 bits per heavy atom. The first kappa shape index (κ1) is 82.1. The Bertz CT molecular complexity index is 7060. The zero-order chi connectivity index (χ0) is 90.2. The number of anilines is 8. The number of piperidine rings is 4. The van der Waals surface area contributed by atoms with Crippen molar-refractivity contribution in [2.45, 2.75) is 80.4 Å². The smallest absolute Gasteiger partial charge is 0.322 e. The lowest BCUT2D eigenvalue weighted by atomic mass is 9.73. The maximum Gasteiger partial charge on any atom is 0.322 e. The summed E-state index contributed by atoms with van der Waals surface area (Å²) in [5.41, 5.74) is 5.01. The van der Waals surface area contributed by atoms with Crippen molar-refractivity contribution in [1.82, 2.24) is 88.4 Å². The molecule has 10 aromatic heterocycles. The van der Waals surface area contributed by atoms with Crippen LogP contribution in [0.2, 0.25) is 0 Å². The molecule has 4 saturated carbocycles. The second-order valence-electron chi connectivity index (χ2n) is 37.1. The number of nitrogens with zero attached hydrogens (tertiary/aromatic N) is 21. The standard InChI is InChI=1S/C24H25F2N7O.C24H20F2N6O.C23H23F2N7O.C23H18F2N6O/c1-30-11-23(12-30)13-31(14-23)22(34)28-19-10-27-33-7-5-20(29-21(19)33)32-6-4-15-9-24(15,32)17-8-16(25)2-3-18(17)26;1-14-3-2-4-19(28-14)23(33)29-20-13-27-32-10-8-21(30-22(20)32)31-9-7-15-12-24(15,31)17-11-16(25)5-6-18(17)26;24-15-1-2-17(25)16(7-15)23-8-14(23)3-5-31(23)19-4-6-32-20(29-19)18(9-27-32)28-21(33)30-12-22(13-30)10-26-11-22;24-15-4-5-17(25)16(11-15)23-12-14(23)6-9-30(23)20-7-10-31-21(29-20)19(13-27-31)28-22(32)18-3-1-2-8-26-18/h2-3,5,7-8,10,15H,4,6,9,11-14H2,1H3,(H,28,34);2-6,8,10-11,13,15H,7,9,12H2,1H3,(H,29,33);1-2,4,6-7,9,14,26H,3,5,8,10-13H2,(H,28,33);1-5,7-8,10-11,13-14H,6,9,12H2,(H,28,32)/t2*15-,24+;2*14-,23+/m0000/s1. The fourth-order valence-corrected chi connectivity index (χ4v) is 22.5. The zero-order valence-corrected chi connectivity index (χ0v) is 71.4. The van der Waals surface area contributed by atoms with Crippen LogP contribution in [0.3, 0.4) is 0 Å². The molecule has 132 heavy (non-hydrogen) atoms.